The average Bonchev–Trinajstić information content (AvgIpc) is 2.78. The van der Waals surface area contributed by atoms with Crippen LogP contribution in [0, 0.1) is 11.8 Å². The second kappa shape index (κ2) is 5.18. The van der Waals surface area contributed by atoms with Gasteiger partial charge in [-0.15, -0.1) is 0 Å². The lowest BCUT2D eigenvalue weighted by Crippen LogP contribution is -2.35. The molecule has 0 saturated carbocycles. The molecule has 1 aliphatic rings. The predicted octanol–water partition coefficient (Wildman–Crippen LogP) is 1.52. The van der Waals surface area contributed by atoms with Crippen molar-refractivity contribution >= 4 is 21.6 Å². The van der Waals surface area contributed by atoms with Gasteiger partial charge in [-0.25, -0.2) is 13.6 Å². The van der Waals surface area contributed by atoms with E-state index < -0.39 is 10.0 Å². The average molecular weight is 296 g/mol. The van der Waals surface area contributed by atoms with E-state index in [1.807, 2.05) is 20.8 Å². The van der Waals surface area contributed by atoms with Gasteiger partial charge in [0.25, 0.3) is 0 Å². The van der Waals surface area contributed by atoms with Crippen molar-refractivity contribution in [2.75, 3.05) is 11.4 Å². The van der Waals surface area contributed by atoms with Crippen molar-refractivity contribution in [1.29, 1.82) is 0 Å². The molecule has 1 aliphatic heterocycles. The molecule has 6 heteroatoms. The smallest absolute Gasteiger partial charge is 0.238 e. The van der Waals surface area contributed by atoms with Crippen LogP contribution in [-0.4, -0.2) is 20.9 Å². The maximum Gasteiger partial charge on any atom is 0.238 e. The summed E-state index contributed by atoms with van der Waals surface area (Å²) in [5, 5.41) is 5.12. The van der Waals surface area contributed by atoms with Gasteiger partial charge in [0.15, 0.2) is 0 Å². The Morgan fingerprint density at radius 3 is 2.50 bits per heavy atom. The highest BCUT2D eigenvalue weighted by Crippen LogP contribution is 2.31. The highest BCUT2D eigenvalue weighted by atomic mass is 32.2. The zero-order valence-corrected chi connectivity index (χ0v) is 12.8. The zero-order chi connectivity index (χ0) is 15.1. The summed E-state index contributed by atoms with van der Waals surface area (Å²) in [6, 6.07) is 4.70. The molecule has 0 fully saturated rings. The molecule has 0 spiro atoms. The maximum absolute atomic E-state index is 12.4. The Hall–Kier alpha value is -1.40. The van der Waals surface area contributed by atoms with Crippen LogP contribution in [0.4, 0.5) is 5.69 Å². The number of benzene rings is 1. The Labute approximate surface area is 119 Å². The van der Waals surface area contributed by atoms with Crippen molar-refractivity contribution in [3.05, 3.63) is 23.8 Å². The molecule has 1 unspecified atom stereocenters. The third-order valence-corrected chi connectivity index (χ3v) is 4.84. The summed E-state index contributed by atoms with van der Waals surface area (Å²) in [5.41, 5.74) is 1.66. The third-order valence-electron chi connectivity index (χ3n) is 3.93. The van der Waals surface area contributed by atoms with Crippen LogP contribution in [0.3, 0.4) is 0 Å². The van der Waals surface area contributed by atoms with Crippen LogP contribution in [-0.2, 0) is 21.2 Å². The van der Waals surface area contributed by atoms with Gasteiger partial charge in [0.2, 0.25) is 15.9 Å². The van der Waals surface area contributed by atoms with Crippen LogP contribution < -0.4 is 10.0 Å². The van der Waals surface area contributed by atoms with Gasteiger partial charge in [-0.3, -0.25) is 4.79 Å². The number of anilines is 1. The van der Waals surface area contributed by atoms with E-state index in [9.17, 15) is 13.2 Å². The van der Waals surface area contributed by atoms with Gasteiger partial charge in [-0.2, -0.15) is 0 Å². The molecule has 20 heavy (non-hydrogen) atoms. The molecular formula is C14H20N2O3S. The SMILES string of the molecule is CC(C)C(C)C(=O)N1CCc2cc(S(N)(=O)=O)ccc21. The Balaban J connectivity index is 2.33. The number of amides is 1. The summed E-state index contributed by atoms with van der Waals surface area (Å²) in [6.07, 6.45) is 0.662. The topological polar surface area (TPSA) is 80.5 Å². The molecule has 0 radical (unpaired) electrons. The summed E-state index contributed by atoms with van der Waals surface area (Å²) >= 11 is 0. The van der Waals surface area contributed by atoms with Crippen molar-refractivity contribution in [2.45, 2.75) is 32.1 Å². The zero-order valence-electron chi connectivity index (χ0n) is 12.0. The quantitative estimate of drug-likeness (QED) is 0.918. The third kappa shape index (κ3) is 2.71. The first-order valence-electron chi connectivity index (χ1n) is 6.69. The number of sulfonamides is 1. The lowest BCUT2D eigenvalue weighted by atomic mass is 9.96. The van der Waals surface area contributed by atoms with E-state index in [-0.39, 0.29) is 22.6 Å². The van der Waals surface area contributed by atoms with Crippen LogP contribution in [0.1, 0.15) is 26.3 Å². The molecule has 2 rings (SSSR count). The predicted molar refractivity (Wildman–Crippen MR) is 77.9 cm³/mol. The summed E-state index contributed by atoms with van der Waals surface area (Å²) in [6.45, 7) is 6.55. The van der Waals surface area contributed by atoms with E-state index in [2.05, 4.69) is 0 Å². The first-order valence-corrected chi connectivity index (χ1v) is 8.23. The fraction of sp³-hybridized carbons (Fsp3) is 0.500. The summed E-state index contributed by atoms with van der Waals surface area (Å²) in [7, 11) is -3.70. The van der Waals surface area contributed by atoms with E-state index in [0.29, 0.717) is 13.0 Å². The number of carbonyl (C=O) groups excluding carboxylic acids is 1. The number of carbonyl (C=O) groups is 1. The number of hydrogen-bond acceptors (Lipinski definition) is 3. The molecule has 5 nitrogen and oxygen atoms in total. The van der Waals surface area contributed by atoms with E-state index in [0.717, 1.165) is 11.3 Å². The molecular weight excluding hydrogens is 276 g/mol. The van der Waals surface area contributed by atoms with Crippen LogP contribution in [0.25, 0.3) is 0 Å². The van der Waals surface area contributed by atoms with Crippen molar-refractivity contribution in [3.63, 3.8) is 0 Å². The second-order valence-corrected chi connectivity index (χ2v) is 7.17. The van der Waals surface area contributed by atoms with Gasteiger partial charge >= 0.3 is 0 Å². The summed E-state index contributed by atoms with van der Waals surface area (Å²) in [4.78, 5) is 14.3. The van der Waals surface area contributed by atoms with Crippen LogP contribution in [0.15, 0.2) is 23.1 Å². The normalized spacial score (nSPS) is 16.4. The molecule has 2 N–H and O–H groups in total. The highest BCUT2D eigenvalue weighted by Gasteiger charge is 2.29. The number of primary sulfonamides is 1. The van der Waals surface area contributed by atoms with Crippen LogP contribution in [0.2, 0.25) is 0 Å². The van der Waals surface area contributed by atoms with E-state index in [4.69, 9.17) is 5.14 Å². The van der Waals surface area contributed by atoms with Crippen LogP contribution >= 0.6 is 0 Å². The minimum Gasteiger partial charge on any atom is -0.312 e. The lowest BCUT2D eigenvalue weighted by molar-refractivity contribution is -0.122. The second-order valence-electron chi connectivity index (χ2n) is 5.61. The van der Waals surface area contributed by atoms with Crippen molar-refractivity contribution in [1.82, 2.24) is 0 Å². The molecule has 110 valence electrons. The Kier molecular flexibility index (Phi) is 3.88. The Morgan fingerprint density at radius 1 is 1.30 bits per heavy atom. The molecule has 0 saturated heterocycles. The fourth-order valence-electron chi connectivity index (χ4n) is 2.31. The fourth-order valence-corrected chi connectivity index (χ4v) is 2.88. The molecule has 0 bridgehead atoms. The molecule has 0 aliphatic carbocycles. The van der Waals surface area contributed by atoms with Crippen molar-refractivity contribution in [3.8, 4) is 0 Å². The first-order chi connectivity index (χ1) is 9.21. The monoisotopic (exact) mass is 296 g/mol. The minimum absolute atomic E-state index is 0.0566. The summed E-state index contributed by atoms with van der Waals surface area (Å²) < 4.78 is 22.7. The standard InChI is InChI=1S/C14H20N2O3S/c1-9(2)10(3)14(17)16-7-6-11-8-12(20(15,18)19)4-5-13(11)16/h4-5,8-10H,6-7H2,1-3H3,(H2,15,18,19). The van der Waals surface area contributed by atoms with Crippen molar-refractivity contribution < 1.29 is 13.2 Å². The number of hydrogen-bond donors (Lipinski definition) is 1. The van der Waals surface area contributed by atoms with Gasteiger partial charge < -0.3 is 4.90 Å². The number of fused-ring (bicyclic) bond motifs is 1. The molecule has 1 aromatic rings. The first kappa shape index (κ1) is 15.0. The Morgan fingerprint density at radius 2 is 1.95 bits per heavy atom. The molecule has 0 aromatic heterocycles. The number of nitrogens with two attached hydrogens (primary N) is 1. The van der Waals surface area contributed by atoms with Crippen molar-refractivity contribution in [2.24, 2.45) is 17.0 Å². The Bertz CT molecular complexity index is 638. The van der Waals surface area contributed by atoms with Gasteiger partial charge in [0.1, 0.15) is 0 Å². The van der Waals surface area contributed by atoms with Gasteiger partial charge in [0, 0.05) is 18.2 Å². The largest absolute Gasteiger partial charge is 0.312 e. The maximum atomic E-state index is 12.4. The minimum atomic E-state index is -3.70. The lowest BCUT2D eigenvalue weighted by Gasteiger charge is -2.23. The highest BCUT2D eigenvalue weighted by molar-refractivity contribution is 7.89. The van der Waals surface area contributed by atoms with E-state index in [1.165, 1.54) is 6.07 Å². The van der Waals surface area contributed by atoms with Gasteiger partial charge in [0.05, 0.1) is 4.90 Å². The van der Waals surface area contributed by atoms with Gasteiger partial charge in [-0.1, -0.05) is 20.8 Å². The molecule has 1 aromatic carbocycles. The van der Waals surface area contributed by atoms with E-state index in [1.54, 1.807) is 17.0 Å². The van der Waals surface area contributed by atoms with E-state index >= 15 is 0 Å². The number of nitrogens with zero attached hydrogens (tertiary/aromatic N) is 1. The number of rotatable bonds is 3. The molecule has 1 heterocycles. The molecule has 1 amide bonds. The van der Waals surface area contributed by atoms with Gasteiger partial charge in [-0.05, 0) is 36.1 Å². The van der Waals surface area contributed by atoms with Crippen LogP contribution in [0.5, 0.6) is 0 Å². The summed E-state index contributed by atoms with van der Waals surface area (Å²) in [5.74, 6) is 0.302. The molecule has 1 atom stereocenters.